The topological polar surface area (TPSA) is 58.6 Å². The minimum atomic E-state index is -0.546. The van der Waals surface area contributed by atoms with Gasteiger partial charge >= 0.3 is 0 Å². The van der Waals surface area contributed by atoms with Crippen molar-refractivity contribution in [2.75, 3.05) is 11.4 Å². The van der Waals surface area contributed by atoms with Crippen molar-refractivity contribution in [2.24, 2.45) is 0 Å². The minimum absolute atomic E-state index is 0.0129. The molecule has 1 N–H and O–H groups in total. The fourth-order valence-electron chi connectivity index (χ4n) is 2.96. The molecule has 26 heavy (non-hydrogen) atoms. The molecule has 1 unspecified atom stereocenters. The van der Waals surface area contributed by atoms with Gasteiger partial charge in [0.1, 0.15) is 12.3 Å². The van der Waals surface area contributed by atoms with Gasteiger partial charge in [-0.1, -0.05) is 42.8 Å². The Morgan fingerprint density at radius 3 is 2.50 bits per heavy atom. The average Bonchev–Trinajstić information content (AvgIpc) is 2.63. The Bertz CT molecular complexity index is 815. The van der Waals surface area contributed by atoms with E-state index in [1.165, 1.54) is 10.5 Å². The Morgan fingerprint density at radius 2 is 1.81 bits per heavy atom. The molecule has 0 saturated carbocycles. The van der Waals surface area contributed by atoms with E-state index in [1.807, 2.05) is 63.2 Å². The zero-order chi connectivity index (χ0) is 18.7. The first-order chi connectivity index (χ1) is 12.5. The molecule has 1 aliphatic heterocycles. The molecule has 2 aromatic rings. The Kier molecular flexibility index (Phi) is 5.26. The van der Waals surface area contributed by atoms with Crippen LogP contribution < -0.4 is 15.0 Å². The van der Waals surface area contributed by atoms with Crippen molar-refractivity contribution in [2.45, 2.75) is 39.8 Å². The quantitative estimate of drug-likeness (QED) is 0.899. The van der Waals surface area contributed by atoms with Crippen LogP contribution in [0, 0.1) is 13.8 Å². The smallest absolute Gasteiger partial charge is 0.268 e. The summed E-state index contributed by atoms with van der Waals surface area (Å²) < 4.78 is 5.78. The maximum atomic E-state index is 12.7. The zero-order valence-electron chi connectivity index (χ0n) is 15.4. The molecule has 0 saturated heterocycles. The highest BCUT2D eigenvalue weighted by molar-refractivity contribution is 6.03. The van der Waals surface area contributed by atoms with Gasteiger partial charge in [-0.3, -0.25) is 14.5 Å². The number of aryl methyl sites for hydroxylation is 2. The number of carbonyl (C=O) groups is 2. The molecule has 5 heteroatoms. The monoisotopic (exact) mass is 352 g/mol. The van der Waals surface area contributed by atoms with Crippen molar-refractivity contribution in [3.05, 3.63) is 59.2 Å². The second-order valence-corrected chi connectivity index (χ2v) is 6.67. The summed E-state index contributed by atoms with van der Waals surface area (Å²) in [5.41, 5.74) is 3.88. The summed E-state index contributed by atoms with van der Waals surface area (Å²) >= 11 is 0. The van der Waals surface area contributed by atoms with Crippen LogP contribution in [0.3, 0.4) is 0 Å². The van der Waals surface area contributed by atoms with Crippen LogP contribution in [0.5, 0.6) is 5.75 Å². The summed E-state index contributed by atoms with van der Waals surface area (Å²) in [6.45, 7) is 6.30. The molecule has 5 nitrogen and oxygen atoms in total. The number of amides is 2. The molecule has 0 aliphatic carbocycles. The highest BCUT2D eigenvalue weighted by atomic mass is 16.5. The number of rotatable bonds is 5. The van der Waals surface area contributed by atoms with Gasteiger partial charge in [0, 0.05) is 6.54 Å². The van der Waals surface area contributed by atoms with Crippen LogP contribution in [0.4, 0.5) is 5.69 Å². The first kappa shape index (κ1) is 18.0. The number of ether oxygens (including phenoxy) is 1. The molecule has 1 aliphatic rings. The van der Waals surface area contributed by atoms with Crippen LogP contribution in [0.1, 0.15) is 30.0 Å². The van der Waals surface area contributed by atoms with E-state index in [4.69, 9.17) is 4.74 Å². The van der Waals surface area contributed by atoms with Crippen LogP contribution in [0.15, 0.2) is 42.5 Å². The molecule has 0 fully saturated rings. The normalized spacial score (nSPS) is 16.0. The lowest BCUT2D eigenvalue weighted by Crippen LogP contribution is -2.49. The molecule has 1 atom stereocenters. The number of benzene rings is 2. The Labute approximate surface area is 154 Å². The number of hydrogen-bond donors (Lipinski definition) is 1. The maximum Gasteiger partial charge on any atom is 0.268 e. The van der Waals surface area contributed by atoms with Crippen LogP contribution in [-0.4, -0.2) is 24.5 Å². The second kappa shape index (κ2) is 7.60. The van der Waals surface area contributed by atoms with Gasteiger partial charge < -0.3 is 10.1 Å². The fourth-order valence-corrected chi connectivity index (χ4v) is 2.96. The molecule has 2 amide bonds. The van der Waals surface area contributed by atoms with Crippen molar-refractivity contribution in [1.82, 2.24) is 5.32 Å². The highest BCUT2D eigenvalue weighted by Crippen LogP contribution is 2.35. The first-order valence-electron chi connectivity index (χ1n) is 8.89. The number of hydrogen-bond acceptors (Lipinski definition) is 3. The Morgan fingerprint density at radius 1 is 1.12 bits per heavy atom. The average molecular weight is 352 g/mol. The van der Waals surface area contributed by atoms with Crippen molar-refractivity contribution < 1.29 is 14.3 Å². The molecule has 0 aromatic heterocycles. The van der Waals surface area contributed by atoms with Gasteiger partial charge in [-0.2, -0.15) is 0 Å². The lowest BCUT2D eigenvalue weighted by molar-refractivity contribution is -0.129. The van der Waals surface area contributed by atoms with Gasteiger partial charge in [0.2, 0.25) is 5.91 Å². The van der Waals surface area contributed by atoms with Crippen molar-refractivity contribution in [3.8, 4) is 5.75 Å². The number of fused-ring (bicyclic) bond motifs is 1. The van der Waals surface area contributed by atoms with Crippen LogP contribution in [-0.2, 0) is 16.1 Å². The molecule has 3 rings (SSSR count). The maximum absolute atomic E-state index is 12.7. The van der Waals surface area contributed by atoms with E-state index in [-0.39, 0.29) is 18.4 Å². The van der Waals surface area contributed by atoms with Gasteiger partial charge in [0.05, 0.1) is 5.69 Å². The number of anilines is 1. The molecule has 136 valence electrons. The predicted molar refractivity (Wildman–Crippen MR) is 101 cm³/mol. The standard InChI is InChI=1S/C21H24N2O3/c1-4-18-21(25)23(17-11-15(3)7-10-19(17)26-18)13-20(24)22-12-16-8-5-14(2)6-9-16/h5-11,18H,4,12-13H2,1-3H3,(H,22,24). The molecule has 2 aromatic carbocycles. The summed E-state index contributed by atoms with van der Waals surface area (Å²) in [5, 5.41) is 2.89. The lowest BCUT2D eigenvalue weighted by atomic mass is 10.1. The second-order valence-electron chi connectivity index (χ2n) is 6.67. The molecule has 0 radical (unpaired) electrons. The van der Waals surface area contributed by atoms with Crippen LogP contribution >= 0.6 is 0 Å². The number of carbonyl (C=O) groups excluding carboxylic acids is 2. The lowest BCUT2D eigenvalue weighted by Gasteiger charge is -2.33. The van der Waals surface area contributed by atoms with Gasteiger partial charge in [-0.25, -0.2) is 0 Å². The summed E-state index contributed by atoms with van der Waals surface area (Å²) in [6.07, 6.45) is 0.0169. The predicted octanol–water partition coefficient (Wildman–Crippen LogP) is 3.12. The Balaban J connectivity index is 1.72. The fraction of sp³-hybridized carbons (Fsp3) is 0.333. The number of nitrogens with zero attached hydrogens (tertiary/aromatic N) is 1. The molecule has 1 heterocycles. The zero-order valence-corrected chi connectivity index (χ0v) is 15.4. The van der Waals surface area contributed by atoms with E-state index in [0.717, 1.165) is 11.1 Å². The van der Waals surface area contributed by atoms with Gasteiger partial charge in [0.25, 0.3) is 5.91 Å². The van der Waals surface area contributed by atoms with Gasteiger partial charge in [-0.05, 0) is 43.5 Å². The first-order valence-corrected chi connectivity index (χ1v) is 8.89. The summed E-state index contributed by atoms with van der Waals surface area (Å²) in [7, 11) is 0. The number of nitrogens with one attached hydrogen (secondary N) is 1. The van der Waals surface area contributed by atoms with E-state index in [1.54, 1.807) is 0 Å². The third-order valence-electron chi connectivity index (χ3n) is 4.50. The van der Waals surface area contributed by atoms with Crippen LogP contribution in [0.2, 0.25) is 0 Å². The Hall–Kier alpha value is -2.82. The molecule has 0 bridgehead atoms. The van der Waals surface area contributed by atoms with E-state index in [2.05, 4.69) is 5.32 Å². The SMILES string of the molecule is CCC1Oc2ccc(C)cc2N(CC(=O)NCc2ccc(C)cc2)C1=O. The van der Waals surface area contributed by atoms with E-state index < -0.39 is 6.10 Å². The highest BCUT2D eigenvalue weighted by Gasteiger charge is 2.34. The third-order valence-corrected chi connectivity index (χ3v) is 4.50. The largest absolute Gasteiger partial charge is 0.478 e. The molecular formula is C21H24N2O3. The van der Waals surface area contributed by atoms with Crippen molar-refractivity contribution >= 4 is 17.5 Å². The van der Waals surface area contributed by atoms with Crippen LogP contribution in [0.25, 0.3) is 0 Å². The molecular weight excluding hydrogens is 328 g/mol. The molecule has 0 spiro atoms. The van der Waals surface area contributed by atoms with Gasteiger partial charge in [0.15, 0.2) is 6.10 Å². The summed E-state index contributed by atoms with van der Waals surface area (Å²) in [5.74, 6) is 0.285. The summed E-state index contributed by atoms with van der Waals surface area (Å²) in [4.78, 5) is 26.7. The van der Waals surface area contributed by atoms with Crippen molar-refractivity contribution in [3.63, 3.8) is 0 Å². The van der Waals surface area contributed by atoms with E-state index in [0.29, 0.717) is 24.4 Å². The van der Waals surface area contributed by atoms with E-state index >= 15 is 0 Å². The van der Waals surface area contributed by atoms with Gasteiger partial charge in [-0.15, -0.1) is 0 Å². The van der Waals surface area contributed by atoms with Crippen molar-refractivity contribution in [1.29, 1.82) is 0 Å². The van der Waals surface area contributed by atoms with E-state index in [9.17, 15) is 9.59 Å². The minimum Gasteiger partial charge on any atom is -0.478 e. The third kappa shape index (κ3) is 3.87. The summed E-state index contributed by atoms with van der Waals surface area (Å²) in [6, 6.07) is 13.7.